The fraction of sp³-hybridized carbons (Fsp3) is 0.360. The molecular formula is C25H28N4O3. The predicted octanol–water partition coefficient (Wildman–Crippen LogP) is 4.04. The van der Waals surface area contributed by atoms with E-state index in [4.69, 9.17) is 9.47 Å². The van der Waals surface area contributed by atoms with Crippen LogP contribution in [0.1, 0.15) is 35.8 Å². The third kappa shape index (κ3) is 3.96. The van der Waals surface area contributed by atoms with E-state index in [9.17, 15) is 4.79 Å². The molecule has 1 fully saturated rings. The van der Waals surface area contributed by atoms with Gasteiger partial charge in [0.15, 0.2) is 11.5 Å². The van der Waals surface area contributed by atoms with Gasteiger partial charge < -0.3 is 14.8 Å². The second-order valence-corrected chi connectivity index (χ2v) is 8.37. The van der Waals surface area contributed by atoms with Crippen LogP contribution >= 0.6 is 0 Å². The number of fused-ring (bicyclic) bond motifs is 1. The molecule has 2 aliphatic rings. The minimum atomic E-state index is -0.0201. The molecule has 3 heterocycles. The summed E-state index contributed by atoms with van der Waals surface area (Å²) in [5.41, 5.74) is 4.67. The van der Waals surface area contributed by atoms with Crippen molar-refractivity contribution in [3.63, 3.8) is 0 Å². The van der Waals surface area contributed by atoms with Gasteiger partial charge in [0.2, 0.25) is 5.91 Å². The Morgan fingerprint density at radius 1 is 1.09 bits per heavy atom. The maximum atomic E-state index is 13.0. The van der Waals surface area contributed by atoms with Gasteiger partial charge in [-0.15, -0.1) is 0 Å². The van der Waals surface area contributed by atoms with Crippen LogP contribution in [0.3, 0.4) is 0 Å². The van der Waals surface area contributed by atoms with Crippen molar-refractivity contribution in [3.05, 3.63) is 65.5 Å². The van der Waals surface area contributed by atoms with Crippen molar-refractivity contribution in [2.24, 2.45) is 0 Å². The third-order valence-corrected chi connectivity index (χ3v) is 6.22. The van der Waals surface area contributed by atoms with E-state index >= 15 is 0 Å². The summed E-state index contributed by atoms with van der Waals surface area (Å²) in [5, 5.41) is 7.74. The van der Waals surface area contributed by atoms with E-state index in [2.05, 4.69) is 27.4 Å². The van der Waals surface area contributed by atoms with E-state index in [0.717, 1.165) is 53.6 Å². The van der Waals surface area contributed by atoms with Crippen molar-refractivity contribution in [1.29, 1.82) is 0 Å². The smallest absolute Gasteiger partial charge is 0.238 e. The van der Waals surface area contributed by atoms with E-state index in [0.29, 0.717) is 19.8 Å². The van der Waals surface area contributed by atoms with Crippen molar-refractivity contribution < 1.29 is 14.3 Å². The molecule has 0 radical (unpaired) electrons. The first kappa shape index (κ1) is 20.6. The zero-order valence-corrected chi connectivity index (χ0v) is 18.5. The summed E-state index contributed by atoms with van der Waals surface area (Å²) in [7, 11) is 0. The van der Waals surface area contributed by atoms with Crippen LogP contribution in [0.15, 0.2) is 48.5 Å². The molecule has 0 spiro atoms. The molecule has 1 saturated heterocycles. The van der Waals surface area contributed by atoms with Crippen molar-refractivity contribution in [1.82, 2.24) is 14.7 Å². The van der Waals surface area contributed by atoms with Crippen LogP contribution in [0.25, 0.3) is 5.69 Å². The molecule has 1 amide bonds. The molecule has 0 saturated carbocycles. The molecule has 2 aliphatic heterocycles. The SMILES string of the molecule is Cc1nn(-c2ccccc2)c(C)c1NC(=O)CN1CCC[C@@H]1c1ccc2c(c1)OCCO2. The lowest BCUT2D eigenvalue weighted by molar-refractivity contribution is -0.117. The quantitative estimate of drug-likeness (QED) is 0.659. The number of hydrogen-bond donors (Lipinski definition) is 1. The number of ether oxygens (including phenoxy) is 2. The number of aromatic nitrogens is 2. The third-order valence-electron chi connectivity index (χ3n) is 6.22. The summed E-state index contributed by atoms with van der Waals surface area (Å²) in [6.45, 7) is 6.30. The van der Waals surface area contributed by atoms with Gasteiger partial charge in [-0.1, -0.05) is 24.3 Å². The number of aryl methyl sites for hydroxylation is 1. The highest BCUT2D eigenvalue weighted by Gasteiger charge is 2.29. The number of carbonyl (C=O) groups is 1. The van der Waals surface area contributed by atoms with Gasteiger partial charge in [0, 0.05) is 6.04 Å². The Morgan fingerprint density at radius 2 is 1.88 bits per heavy atom. The fourth-order valence-corrected chi connectivity index (χ4v) is 4.67. The topological polar surface area (TPSA) is 68.6 Å². The number of nitrogens with zero attached hydrogens (tertiary/aromatic N) is 3. The second kappa shape index (κ2) is 8.67. The van der Waals surface area contributed by atoms with Crippen molar-refractivity contribution in [3.8, 4) is 17.2 Å². The monoisotopic (exact) mass is 432 g/mol. The fourth-order valence-electron chi connectivity index (χ4n) is 4.67. The molecule has 5 rings (SSSR count). The first-order valence-corrected chi connectivity index (χ1v) is 11.2. The lowest BCUT2D eigenvalue weighted by Gasteiger charge is -2.26. The number of hydrogen-bond acceptors (Lipinski definition) is 5. The van der Waals surface area contributed by atoms with Gasteiger partial charge >= 0.3 is 0 Å². The van der Waals surface area contributed by atoms with E-state index in [1.165, 1.54) is 5.56 Å². The highest BCUT2D eigenvalue weighted by atomic mass is 16.6. The summed E-state index contributed by atoms with van der Waals surface area (Å²) in [6.07, 6.45) is 2.09. The van der Waals surface area contributed by atoms with Gasteiger partial charge in [-0.3, -0.25) is 9.69 Å². The molecule has 1 atom stereocenters. The number of anilines is 1. The number of carbonyl (C=O) groups excluding carboxylic acids is 1. The van der Waals surface area contributed by atoms with Crippen LogP contribution in [-0.4, -0.2) is 46.9 Å². The number of benzene rings is 2. The summed E-state index contributed by atoms with van der Waals surface area (Å²) < 4.78 is 13.3. The van der Waals surface area contributed by atoms with Gasteiger partial charge in [0.05, 0.1) is 29.3 Å². The van der Waals surface area contributed by atoms with Crippen LogP contribution in [0.2, 0.25) is 0 Å². The minimum absolute atomic E-state index is 0.0201. The van der Waals surface area contributed by atoms with E-state index < -0.39 is 0 Å². The number of nitrogens with one attached hydrogen (secondary N) is 1. The Labute approximate surface area is 187 Å². The van der Waals surface area contributed by atoms with Crippen LogP contribution in [-0.2, 0) is 4.79 Å². The van der Waals surface area contributed by atoms with E-state index in [1.807, 2.05) is 54.9 Å². The van der Waals surface area contributed by atoms with Gasteiger partial charge in [-0.2, -0.15) is 5.10 Å². The first-order valence-electron chi connectivity index (χ1n) is 11.2. The molecular weight excluding hydrogens is 404 g/mol. The predicted molar refractivity (Wildman–Crippen MR) is 123 cm³/mol. The average molecular weight is 433 g/mol. The van der Waals surface area contributed by atoms with Crippen molar-refractivity contribution in [2.45, 2.75) is 32.7 Å². The molecule has 0 aliphatic carbocycles. The molecule has 0 bridgehead atoms. The number of likely N-dealkylation sites (tertiary alicyclic amines) is 1. The van der Waals surface area contributed by atoms with Gasteiger partial charge in [-0.05, 0) is 63.1 Å². The van der Waals surface area contributed by atoms with E-state index in [-0.39, 0.29) is 11.9 Å². The maximum Gasteiger partial charge on any atom is 0.238 e. The Balaban J connectivity index is 1.30. The van der Waals surface area contributed by atoms with Gasteiger partial charge in [0.25, 0.3) is 0 Å². The molecule has 1 aromatic heterocycles. The zero-order valence-electron chi connectivity index (χ0n) is 18.5. The maximum absolute atomic E-state index is 13.0. The first-order chi connectivity index (χ1) is 15.6. The minimum Gasteiger partial charge on any atom is -0.486 e. The van der Waals surface area contributed by atoms with Gasteiger partial charge in [0.1, 0.15) is 13.2 Å². The van der Waals surface area contributed by atoms with Crippen molar-refractivity contribution >= 4 is 11.6 Å². The highest BCUT2D eigenvalue weighted by molar-refractivity contribution is 5.93. The molecule has 166 valence electrons. The van der Waals surface area contributed by atoms with Crippen LogP contribution < -0.4 is 14.8 Å². The number of para-hydroxylation sites is 1. The Kier molecular flexibility index (Phi) is 5.57. The highest BCUT2D eigenvalue weighted by Crippen LogP contribution is 2.38. The molecule has 32 heavy (non-hydrogen) atoms. The Bertz CT molecular complexity index is 1130. The zero-order chi connectivity index (χ0) is 22.1. The molecule has 0 unspecified atom stereocenters. The van der Waals surface area contributed by atoms with E-state index in [1.54, 1.807) is 0 Å². The number of rotatable bonds is 5. The largest absolute Gasteiger partial charge is 0.486 e. The normalized spacial score (nSPS) is 18.0. The molecule has 7 heteroatoms. The lowest BCUT2D eigenvalue weighted by atomic mass is 10.0. The number of amides is 1. The summed E-state index contributed by atoms with van der Waals surface area (Å²) >= 11 is 0. The molecule has 7 nitrogen and oxygen atoms in total. The summed E-state index contributed by atoms with van der Waals surface area (Å²) in [6, 6.07) is 16.3. The molecule has 3 aromatic rings. The summed E-state index contributed by atoms with van der Waals surface area (Å²) in [5.74, 6) is 1.57. The average Bonchev–Trinajstić information content (AvgIpc) is 3.39. The Hall–Kier alpha value is -3.32. The van der Waals surface area contributed by atoms with Crippen LogP contribution in [0.5, 0.6) is 11.5 Å². The standard InChI is InChI=1S/C25H28N4O3/c1-17-25(18(2)29(27-17)20-7-4-3-5-8-20)26-24(30)16-28-12-6-9-21(28)19-10-11-22-23(15-19)32-14-13-31-22/h3-5,7-8,10-11,15,21H,6,9,12-14,16H2,1-2H3,(H,26,30)/t21-/m1/s1. The molecule has 1 N–H and O–H groups in total. The van der Waals surface area contributed by atoms with Crippen molar-refractivity contribution in [2.75, 3.05) is 31.6 Å². The van der Waals surface area contributed by atoms with Crippen LogP contribution in [0, 0.1) is 13.8 Å². The lowest BCUT2D eigenvalue weighted by Crippen LogP contribution is -2.33. The second-order valence-electron chi connectivity index (χ2n) is 8.37. The summed E-state index contributed by atoms with van der Waals surface area (Å²) in [4.78, 5) is 15.2. The van der Waals surface area contributed by atoms with Crippen LogP contribution in [0.4, 0.5) is 5.69 Å². The Morgan fingerprint density at radius 3 is 2.69 bits per heavy atom. The molecule has 2 aromatic carbocycles. The van der Waals surface area contributed by atoms with Gasteiger partial charge in [-0.25, -0.2) is 4.68 Å².